The molecule has 3 aromatic rings. The Morgan fingerprint density at radius 3 is 2.50 bits per heavy atom. The molecule has 32 heavy (non-hydrogen) atoms. The summed E-state index contributed by atoms with van der Waals surface area (Å²) in [6.07, 6.45) is 10.4. The van der Waals surface area contributed by atoms with E-state index in [1.54, 1.807) is 24.9 Å². The first-order chi connectivity index (χ1) is 15.6. The van der Waals surface area contributed by atoms with E-state index in [2.05, 4.69) is 40.3 Å². The van der Waals surface area contributed by atoms with Gasteiger partial charge in [0.05, 0.1) is 18.3 Å². The van der Waals surface area contributed by atoms with Gasteiger partial charge < -0.3 is 15.0 Å². The second-order valence-electron chi connectivity index (χ2n) is 7.94. The van der Waals surface area contributed by atoms with E-state index in [0.29, 0.717) is 11.5 Å². The molecule has 9 heteroatoms. The predicted octanol–water partition coefficient (Wildman–Crippen LogP) is 2.65. The number of nitrogens with zero attached hydrogens (tertiary/aromatic N) is 6. The smallest absolute Gasteiger partial charge is 0.214 e. The minimum absolute atomic E-state index is 0.0929. The number of imidazole rings is 1. The van der Waals surface area contributed by atoms with E-state index in [4.69, 9.17) is 10.5 Å². The molecule has 0 radical (unpaired) electrons. The van der Waals surface area contributed by atoms with Crippen molar-refractivity contribution in [1.82, 2.24) is 30.0 Å². The fourth-order valence-corrected chi connectivity index (χ4v) is 4.20. The number of nitrogens with one attached hydrogen (secondary N) is 1. The molecule has 0 aliphatic carbocycles. The van der Waals surface area contributed by atoms with Crippen molar-refractivity contribution in [3.05, 3.63) is 95.7 Å². The molecule has 2 aliphatic heterocycles. The number of nitriles is 1. The molecule has 9 nitrogen and oxygen atoms in total. The minimum atomic E-state index is -0.373. The largest absolute Gasteiger partial charge is 0.423 e. The summed E-state index contributed by atoms with van der Waals surface area (Å²) in [5.74, 6) is 0.364. The average Bonchev–Trinajstić information content (AvgIpc) is 3.47. The zero-order chi connectivity index (χ0) is 22.2. The van der Waals surface area contributed by atoms with Crippen LogP contribution in [-0.4, -0.2) is 30.6 Å². The summed E-state index contributed by atoms with van der Waals surface area (Å²) < 4.78 is 7.92. The van der Waals surface area contributed by atoms with E-state index in [1.807, 2.05) is 40.0 Å². The van der Waals surface area contributed by atoms with Crippen LogP contribution in [0, 0.1) is 11.3 Å². The third-order valence-electron chi connectivity index (χ3n) is 5.70. The lowest BCUT2D eigenvalue weighted by atomic mass is 9.80. The Balaban J connectivity index is 1.64. The number of hydrazine groups is 1. The molecule has 3 N–H and O–H groups in total. The maximum atomic E-state index is 9.99. The lowest BCUT2D eigenvalue weighted by Gasteiger charge is -2.30. The molecular weight excluding hydrogens is 404 g/mol. The highest BCUT2D eigenvalue weighted by Crippen LogP contribution is 2.48. The van der Waals surface area contributed by atoms with Gasteiger partial charge in [-0.25, -0.2) is 20.4 Å². The van der Waals surface area contributed by atoms with Gasteiger partial charge in [0.25, 0.3) is 0 Å². The van der Waals surface area contributed by atoms with E-state index in [1.165, 1.54) is 6.33 Å². The molecule has 2 atom stereocenters. The number of allylic oxidation sites excluding steroid dienone is 1. The van der Waals surface area contributed by atoms with E-state index in [-0.39, 0.29) is 23.9 Å². The molecule has 0 bridgehead atoms. The number of hydrogen-bond acceptors (Lipinski definition) is 8. The van der Waals surface area contributed by atoms with Gasteiger partial charge in [-0.2, -0.15) is 5.26 Å². The number of benzene rings is 1. The van der Waals surface area contributed by atoms with Crippen LogP contribution in [0.25, 0.3) is 5.69 Å². The maximum Gasteiger partial charge on any atom is 0.214 e. The third-order valence-corrected chi connectivity index (χ3v) is 5.70. The number of ether oxygens (including phenoxy) is 1. The summed E-state index contributed by atoms with van der Waals surface area (Å²) in [5, 5.41) is 11.9. The summed E-state index contributed by atoms with van der Waals surface area (Å²) in [6, 6.07) is 10.1. The van der Waals surface area contributed by atoms with Crippen LogP contribution in [0.4, 0.5) is 0 Å². The van der Waals surface area contributed by atoms with Gasteiger partial charge in [-0.3, -0.25) is 5.01 Å². The van der Waals surface area contributed by atoms with Crippen molar-refractivity contribution < 1.29 is 4.74 Å². The lowest BCUT2D eigenvalue weighted by molar-refractivity contribution is 0.100. The standard InChI is InChI=1S/C23H22N8O/c1-14(2)31-23-20(21(29-31)16-10-27-12-28-11-16)19(18(9-24)22(25)32-23)15-3-5-17(6-4-15)30-8-7-26-13-30/h3-8,10-14,19,21,29H,25H2,1-2H3. The van der Waals surface area contributed by atoms with Crippen molar-refractivity contribution in [2.45, 2.75) is 31.8 Å². The SMILES string of the molecule is CC(C)N1NC(c2cncnc2)C2=C1OC(N)=C(C#N)C2c1ccc(-n2ccnc2)cc1. The highest BCUT2D eigenvalue weighted by Gasteiger charge is 2.45. The molecule has 1 aromatic carbocycles. The minimum Gasteiger partial charge on any atom is -0.423 e. The van der Waals surface area contributed by atoms with Gasteiger partial charge in [0.2, 0.25) is 11.8 Å². The zero-order valence-corrected chi connectivity index (χ0v) is 17.7. The van der Waals surface area contributed by atoms with Crippen LogP contribution in [0.5, 0.6) is 0 Å². The fourth-order valence-electron chi connectivity index (χ4n) is 4.20. The van der Waals surface area contributed by atoms with Crippen LogP contribution in [-0.2, 0) is 4.74 Å². The number of hydrogen-bond donors (Lipinski definition) is 2. The Kier molecular flexibility index (Phi) is 4.84. The van der Waals surface area contributed by atoms with Gasteiger partial charge in [0, 0.05) is 47.7 Å². The van der Waals surface area contributed by atoms with Crippen LogP contribution in [0.2, 0.25) is 0 Å². The van der Waals surface area contributed by atoms with Gasteiger partial charge in [-0.15, -0.1) is 0 Å². The van der Waals surface area contributed by atoms with Crippen LogP contribution >= 0.6 is 0 Å². The van der Waals surface area contributed by atoms with Gasteiger partial charge in [0.15, 0.2) is 0 Å². The molecular formula is C23H22N8O. The molecule has 160 valence electrons. The number of aromatic nitrogens is 4. The molecule has 5 rings (SSSR count). The Labute approximate surface area is 185 Å². The van der Waals surface area contributed by atoms with Crippen molar-refractivity contribution in [2.24, 2.45) is 5.73 Å². The predicted molar refractivity (Wildman–Crippen MR) is 116 cm³/mol. The molecule has 0 saturated carbocycles. The Bertz CT molecular complexity index is 1220. The monoisotopic (exact) mass is 426 g/mol. The maximum absolute atomic E-state index is 9.99. The second-order valence-corrected chi connectivity index (χ2v) is 7.94. The Morgan fingerprint density at radius 2 is 1.88 bits per heavy atom. The summed E-state index contributed by atoms with van der Waals surface area (Å²) >= 11 is 0. The van der Waals surface area contributed by atoms with Crippen LogP contribution in [0.1, 0.15) is 36.9 Å². The molecule has 4 heterocycles. The molecule has 0 fully saturated rings. The molecule has 0 spiro atoms. The topological polar surface area (TPSA) is 118 Å². The first-order valence-corrected chi connectivity index (χ1v) is 10.3. The van der Waals surface area contributed by atoms with Crippen LogP contribution < -0.4 is 11.2 Å². The molecule has 0 saturated heterocycles. The molecule has 2 aliphatic rings. The van der Waals surface area contributed by atoms with Crippen molar-refractivity contribution in [3.8, 4) is 11.8 Å². The Morgan fingerprint density at radius 1 is 1.12 bits per heavy atom. The average molecular weight is 426 g/mol. The van der Waals surface area contributed by atoms with Gasteiger partial charge in [0.1, 0.15) is 18.0 Å². The van der Waals surface area contributed by atoms with Gasteiger partial charge >= 0.3 is 0 Å². The van der Waals surface area contributed by atoms with Crippen molar-refractivity contribution in [2.75, 3.05) is 0 Å². The Hall–Kier alpha value is -4.16. The van der Waals surface area contributed by atoms with Crippen molar-refractivity contribution >= 4 is 0 Å². The highest BCUT2D eigenvalue weighted by molar-refractivity contribution is 5.53. The summed E-state index contributed by atoms with van der Waals surface area (Å²) in [5.41, 5.74) is 13.8. The molecule has 2 unspecified atom stereocenters. The number of nitrogens with two attached hydrogens (primary N) is 1. The lowest BCUT2D eigenvalue weighted by Crippen LogP contribution is -2.39. The van der Waals surface area contributed by atoms with Gasteiger partial charge in [-0.05, 0) is 31.5 Å². The van der Waals surface area contributed by atoms with E-state index in [9.17, 15) is 5.26 Å². The first-order valence-electron chi connectivity index (χ1n) is 10.3. The normalized spacial score (nSPS) is 20.4. The van der Waals surface area contributed by atoms with E-state index >= 15 is 0 Å². The summed E-state index contributed by atoms with van der Waals surface area (Å²) in [4.78, 5) is 12.5. The molecule has 2 aromatic heterocycles. The fraction of sp³-hybridized carbons (Fsp3) is 0.217. The van der Waals surface area contributed by atoms with Crippen molar-refractivity contribution in [3.63, 3.8) is 0 Å². The van der Waals surface area contributed by atoms with Crippen LogP contribution in [0.3, 0.4) is 0 Å². The van der Waals surface area contributed by atoms with E-state index < -0.39 is 0 Å². The highest BCUT2D eigenvalue weighted by atomic mass is 16.5. The van der Waals surface area contributed by atoms with Gasteiger partial charge in [-0.1, -0.05) is 12.1 Å². The molecule has 0 amide bonds. The van der Waals surface area contributed by atoms with Crippen LogP contribution in [0.15, 0.2) is 84.6 Å². The zero-order valence-electron chi connectivity index (χ0n) is 17.7. The quantitative estimate of drug-likeness (QED) is 0.654. The third kappa shape index (κ3) is 3.18. The summed E-state index contributed by atoms with van der Waals surface area (Å²) in [7, 11) is 0. The second kappa shape index (κ2) is 7.83. The number of rotatable bonds is 4. The van der Waals surface area contributed by atoms with Crippen molar-refractivity contribution in [1.29, 1.82) is 5.26 Å². The van der Waals surface area contributed by atoms with E-state index in [0.717, 1.165) is 22.4 Å². The first kappa shape index (κ1) is 19.8. The summed E-state index contributed by atoms with van der Waals surface area (Å²) in [6.45, 7) is 4.11.